The molecule has 0 saturated carbocycles. The minimum Gasteiger partial charge on any atom is -0.491 e. The highest BCUT2D eigenvalue weighted by atomic mass is 79.9. The molecule has 6 heteroatoms. The van der Waals surface area contributed by atoms with Gasteiger partial charge >= 0.3 is 5.97 Å². The van der Waals surface area contributed by atoms with Gasteiger partial charge < -0.3 is 14.0 Å². The smallest absolute Gasteiger partial charge is 0.356 e. The van der Waals surface area contributed by atoms with Crippen LogP contribution in [0.1, 0.15) is 48.5 Å². The zero-order valence-electron chi connectivity index (χ0n) is 16.3. The maximum atomic E-state index is 12.8. The number of benzene rings is 2. The number of aromatic nitrogens is 1. The molecule has 28 heavy (non-hydrogen) atoms. The summed E-state index contributed by atoms with van der Waals surface area (Å²) < 4.78 is 13.6. The molecule has 146 valence electrons. The number of nitrogens with zero attached hydrogens (tertiary/aromatic N) is 1. The number of hydrogen-bond donors (Lipinski definition) is 0. The second-order valence-corrected chi connectivity index (χ2v) is 7.57. The van der Waals surface area contributed by atoms with Crippen molar-refractivity contribution in [1.29, 1.82) is 0 Å². The Morgan fingerprint density at radius 3 is 2.36 bits per heavy atom. The molecule has 0 aliphatic rings. The van der Waals surface area contributed by atoms with E-state index < -0.39 is 5.97 Å². The van der Waals surface area contributed by atoms with E-state index >= 15 is 0 Å². The van der Waals surface area contributed by atoms with Gasteiger partial charge in [0.15, 0.2) is 5.78 Å². The van der Waals surface area contributed by atoms with Crippen LogP contribution in [0.4, 0.5) is 0 Å². The molecule has 3 aromatic rings. The van der Waals surface area contributed by atoms with Crippen molar-refractivity contribution in [2.24, 2.45) is 0 Å². The van der Waals surface area contributed by atoms with Crippen LogP contribution in [-0.4, -0.2) is 29.0 Å². The second-order valence-electron chi connectivity index (χ2n) is 6.66. The lowest BCUT2D eigenvalue weighted by Crippen LogP contribution is -2.14. The number of esters is 1. The number of hydrogen-bond acceptors (Lipinski definition) is 4. The van der Waals surface area contributed by atoms with Gasteiger partial charge in [-0.1, -0.05) is 15.9 Å². The summed E-state index contributed by atoms with van der Waals surface area (Å²) in [4.78, 5) is 25.3. The minimum atomic E-state index is -0.525. The first kappa shape index (κ1) is 20.1. The normalized spacial score (nSPS) is 11.1. The summed E-state index contributed by atoms with van der Waals surface area (Å²) in [5.74, 6) is 0.0228. The van der Waals surface area contributed by atoms with Crippen molar-refractivity contribution in [3.63, 3.8) is 0 Å². The fourth-order valence-electron chi connectivity index (χ4n) is 3.23. The van der Waals surface area contributed by atoms with Crippen molar-refractivity contribution >= 4 is 38.6 Å². The first-order valence-electron chi connectivity index (χ1n) is 9.12. The third-order valence-electron chi connectivity index (χ3n) is 4.22. The molecular formula is C22H22BrNO4. The number of rotatable bonds is 6. The minimum absolute atomic E-state index is 0.0648. The van der Waals surface area contributed by atoms with Crippen LogP contribution >= 0.6 is 15.9 Å². The van der Waals surface area contributed by atoms with Crippen molar-refractivity contribution in [3.8, 4) is 11.4 Å². The Labute approximate surface area is 172 Å². The number of carbonyl (C=O) groups excluding carboxylic acids is 2. The Kier molecular flexibility index (Phi) is 5.89. The van der Waals surface area contributed by atoms with E-state index in [-0.39, 0.29) is 24.2 Å². The summed E-state index contributed by atoms with van der Waals surface area (Å²) in [6.07, 6.45) is 0.0648. The molecule has 0 aliphatic heterocycles. The fraction of sp³-hybridized carbons (Fsp3) is 0.273. The molecule has 0 aliphatic carbocycles. The maximum absolute atomic E-state index is 12.8. The SMILES string of the molecule is CCOC(=O)c1c(C(C)=O)c2cc(Br)ccc2n1-c1ccc(OC(C)C)cc1. The molecule has 0 atom stereocenters. The third kappa shape index (κ3) is 3.83. The van der Waals surface area contributed by atoms with Crippen LogP contribution in [-0.2, 0) is 4.74 Å². The van der Waals surface area contributed by atoms with Gasteiger partial charge in [-0.3, -0.25) is 4.79 Å². The van der Waals surface area contributed by atoms with E-state index in [0.29, 0.717) is 10.9 Å². The van der Waals surface area contributed by atoms with Gasteiger partial charge in [0.05, 0.1) is 23.8 Å². The zero-order valence-corrected chi connectivity index (χ0v) is 17.9. The van der Waals surface area contributed by atoms with Gasteiger partial charge in [0.2, 0.25) is 0 Å². The molecule has 1 heterocycles. The second kappa shape index (κ2) is 8.19. The van der Waals surface area contributed by atoms with E-state index in [1.807, 2.05) is 56.3 Å². The zero-order chi connectivity index (χ0) is 20.4. The number of ketones is 1. The standard InChI is InChI=1S/C22H22BrNO4/c1-5-27-22(26)21-20(14(4)25)18-12-15(23)6-11-19(18)24(21)16-7-9-17(10-8-16)28-13(2)3/h6-13H,5H2,1-4H3. The van der Waals surface area contributed by atoms with Crippen molar-refractivity contribution in [2.45, 2.75) is 33.8 Å². The summed E-state index contributed by atoms with van der Waals surface area (Å²) in [6.45, 7) is 7.35. The van der Waals surface area contributed by atoms with E-state index in [4.69, 9.17) is 9.47 Å². The molecule has 0 unspecified atom stereocenters. The van der Waals surface area contributed by atoms with Gasteiger partial charge in [-0.25, -0.2) is 4.79 Å². The molecule has 2 aromatic carbocycles. The first-order chi connectivity index (χ1) is 13.3. The van der Waals surface area contributed by atoms with Gasteiger partial charge in [0.25, 0.3) is 0 Å². The van der Waals surface area contributed by atoms with Crippen LogP contribution in [0.25, 0.3) is 16.6 Å². The van der Waals surface area contributed by atoms with Crippen LogP contribution in [0.3, 0.4) is 0 Å². The van der Waals surface area contributed by atoms with Gasteiger partial charge in [0.1, 0.15) is 11.4 Å². The van der Waals surface area contributed by atoms with Crippen LogP contribution < -0.4 is 4.74 Å². The monoisotopic (exact) mass is 443 g/mol. The highest BCUT2D eigenvalue weighted by Gasteiger charge is 2.27. The van der Waals surface area contributed by atoms with E-state index in [0.717, 1.165) is 21.4 Å². The predicted octanol–water partition coefficient (Wildman–Crippen LogP) is 5.56. The summed E-state index contributed by atoms with van der Waals surface area (Å²) in [7, 11) is 0. The number of fused-ring (bicyclic) bond motifs is 1. The first-order valence-corrected chi connectivity index (χ1v) is 9.91. The Balaban J connectivity index is 2.29. The molecule has 0 fully saturated rings. The van der Waals surface area contributed by atoms with Crippen LogP contribution in [0.2, 0.25) is 0 Å². The van der Waals surface area contributed by atoms with Gasteiger partial charge in [0, 0.05) is 15.5 Å². The van der Waals surface area contributed by atoms with Crippen molar-refractivity contribution in [1.82, 2.24) is 4.57 Å². The van der Waals surface area contributed by atoms with E-state index in [2.05, 4.69) is 15.9 Å². The van der Waals surface area contributed by atoms with Gasteiger partial charge in [-0.15, -0.1) is 0 Å². The Bertz CT molecular complexity index is 1030. The fourth-order valence-corrected chi connectivity index (χ4v) is 3.59. The number of carbonyl (C=O) groups is 2. The Morgan fingerprint density at radius 1 is 1.11 bits per heavy atom. The highest BCUT2D eigenvalue weighted by Crippen LogP contribution is 2.33. The summed E-state index contributed by atoms with van der Waals surface area (Å²) >= 11 is 3.45. The lowest BCUT2D eigenvalue weighted by atomic mass is 10.1. The third-order valence-corrected chi connectivity index (χ3v) is 4.71. The van der Waals surface area contributed by atoms with Crippen LogP contribution in [0.15, 0.2) is 46.9 Å². The molecular weight excluding hydrogens is 422 g/mol. The molecule has 5 nitrogen and oxygen atoms in total. The topological polar surface area (TPSA) is 57.5 Å². The predicted molar refractivity (Wildman–Crippen MR) is 113 cm³/mol. The summed E-state index contributed by atoms with van der Waals surface area (Å²) in [5.41, 5.74) is 2.10. The van der Waals surface area contributed by atoms with Crippen LogP contribution in [0.5, 0.6) is 5.75 Å². The van der Waals surface area contributed by atoms with E-state index in [1.165, 1.54) is 6.92 Å². The molecule has 0 amide bonds. The van der Waals surface area contributed by atoms with Crippen molar-refractivity contribution in [2.75, 3.05) is 6.61 Å². The average Bonchev–Trinajstić information content (AvgIpc) is 2.96. The summed E-state index contributed by atoms with van der Waals surface area (Å²) in [5, 5.41) is 0.701. The molecule has 0 bridgehead atoms. The van der Waals surface area contributed by atoms with Gasteiger partial charge in [-0.2, -0.15) is 0 Å². The molecule has 0 saturated heterocycles. The quantitative estimate of drug-likeness (QED) is 0.369. The van der Waals surface area contributed by atoms with Crippen molar-refractivity contribution in [3.05, 3.63) is 58.2 Å². The molecule has 3 rings (SSSR count). The number of Topliss-reactive ketones (excluding diaryl/α,β-unsaturated/α-hetero) is 1. The number of ether oxygens (including phenoxy) is 2. The largest absolute Gasteiger partial charge is 0.491 e. The average molecular weight is 444 g/mol. The Morgan fingerprint density at radius 2 is 1.79 bits per heavy atom. The van der Waals surface area contributed by atoms with E-state index in [9.17, 15) is 9.59 Å². The van der Waals surface area contributed by atoms with Crippen molar-refractivity contribution < 1.29 is 19.1 Å². The Hall–Kier alpha value is -2.60. The van der Waals surface area contributed by atoms with Crippen LogP contribution in [0, 0.1) is 0 Å². The highest BCUT2D eigenvalue weighted by molar-refractivity contribution is 9.10. The molecule has 1 aromatic heterocycles. The van der Waals surface area contributed by atoms with E-state index in [1.54, 1.807) is 11.5 Å². The molecule has 0 N–H and O–H groups in total. The summed E-state index contributed by atoms with van der Waals surface area (Å²) in [6, 6.07) is 13.0. The maximum Gasteiger partial charge on any atom is 0.356 e. The molecule has 0 spiro atoms. The lowest BCUT2D eigenvalue weighted by Gasteiger charge is -2.13. The number of halogens is 1. The van der Waals surface area contributed by atoms with Gasteiger partial charge in [-0.05, 0) is 70.2 Å². The lowest BCUT2D eigenvalue weighted by molar-refractivity contribution is 0.0514. The molecule has 0 radical (unpaired) electrons.